The van der Waals surface area contributed by atoms with Gasteiger partial charge in [-0.15, -0.1) is 10.2 Å². The summed E-state index contributed by atoms with van der Waals surface area (Å²) in [6.07, 6.45) is 2.54. The van der Waals surface area contributed by atoms with Crippen LogP contribution in [0.25, 0.3) is 16.9 Å². The Morgan fingerprint density at radius 1 is 1.24 bits per heavy atom. The number of carbonyl (C=O) groups excluding carboxylic acids is 1. The van der Waals surface area contributed by atoms with Crippen LogP contribution >= 0.6 is 0 Å². The number of hydrogen-bond acceptors (Lipinski definition) is 9. The first kappa shape index (κ1) is 25.0. The normalized spacial score (nSPS) is 16.7. The van der Waals surface area contributed by atoms with E-state index in [1.54, 1.807) is 23.9 Å². The number of ether oxygens (including phenoxy) is 1. The number of nitrogens with zero attached hydrogens (tertiary/aromatic N) is 7. The van der Waals surface area contributed by atoms with E-state index in [1.807, 2.05) is 42.5 Å². The topological polar surface area (TPSA) is 147 Å². The highest BCUT2D eigenvalue weighted by Crippen LogP contribution is 2.35. The Kier molecular flexibility index (Phi) is 6.55. The van der Waals surface area contributed by atoms with Gasteiger partial charge in [0.15, 0.2) is 17.2 Å². The number of methoxy groups -OCH3 is 1. The lowest BCUT2D eigenvalue weighted by Crippen LogP contribution is -2.52. The number of amides is 1. The van der Waals surface area contributed by atoms with Crippen LogP contribution in [0.15, 0.2) is 48.7 Å². The number of nitriles is 1. The van der Waals surface area contributed by atoms with Crippen molar-refractivity contribution in [3.63, 3.8) is 0 Å². The van der Waals surface area contributed by atoms with Gasteiger partial charge in [-0.25, -0.2) is 4.98 Å². The van der Waals surface area contributed by atoms with E-state index in [0.29, 0.717) is 22.7 Å². The minimum Gasteiger partial charge on any atom is -0.497 e. The van der Waals surface area contributed by atoms with Gasteiger partial charge in [0.25, 0.3) is 0 Å². The second-order valence-electron chi connectivity index (χ2n) is 10.1. The zero-order valence-corrected chi connectivity index (χ0v) is 21.5. The summed E-state index contributed by atoms with van der Waals surface area (Å²) in [4.78, 5) is 18.6. The minimum absolute atomic E-state index is 0.0447. The smallest absolute Gasteiger partial charge is 0.222 e. The van der Waals surface area contributed by atoms with E-state index in [4.69, 9.17) is 20.8 Å². The van der Waals surface area contributed by atoms with Gasteiger partial charge in [-0.2, -0.15) is 14.9 Å². The van der Waals surface area contributed by atoms with Crippen LogP contribution < -0.4 is 20.7 Å². The van der Waals surface area contributed by atoms with Gasteiger partial charge in [0, 0.05) is 47.9 Å². The number of primary amides is 1. The second kappa shape index (κ2) is 9.97. The second-order valence-corrected chi connectivity index (χ2v) is 10.1. The molecule has 0 bridgehead atoms. The van der Waals surface area contributed by atoms with E-state index in [2.05, 4.69) is 39.2 Å². The summed E-state index contributed by atoms with van der Waals surface area (Å²) in [6.45, 7) is 5.84. The Bertz CT molecular complexity index is 1500. The molecular weight excluding hydrogens is 482 g/mol. The SMILES string of the molecule is COc1ccc(-c2cc3ncc(CC(N)=O)c(N[C@@H]4CCN(c5ccc(C#N)nn5)CC4(C)C)n3n2)cc1. The highest BCUT2D eigenvalue weighted by molar-refractivity contribution is 5.79. The molecule has 0 aliphatic carbocycles. The Hall–Kier alpha value is -4.72. The minimum atomic E-state index is -0.440. The molecule has 0 unspecified atom stereocenters. The van der Waals surface area contributed by atoms with Crippen LogP contribution in [0.5, 0.6) is 5.75 Å². The largest absolute Gasteiger partial charge is 0.497 e. The van der Waals surface area contributed by atoms with Gasteiger partial charge < -0.3 is 20.7 Å². The van der Waals surface area contributed by atoms with Crippen LogP contribution in [0, 0.1) is 16.7 Å². The monoisotopic (exact) mass is 511 g/mol. The van der Waals surface area contributed by atoms with Crippen LogP contribution in [-0.4, -0.2) is 56.9 Å². The number of nitrogens with one attached hydrogen (secondary N) is 1. The van der Waals surface area contributed by atoms with Gasteiger partial charge >= 0.3 is 0 Å². The van der Waals surface area contributed by atoms with E-state index in [9.17, 15) is 4.79 Å². The quantitative estimate of drug-likeness (QED) is 0.382. The predicted molar refractivity (Wildman–Crippen MR) is 143 cm³/mol. The molecule has 0 spiro atoms. The molecular formula is C27H29N9O2. The van der Waals surface area contributed by atoms with Crippen molar-refractivity contribution in [1.82, 2.24) is 24.8 Å². The molecule has 4 aromatic rings. The maximum Gasteiger partial charge on any atom is 0.222 e. The molecule has 3 aromatic heterocycles. The molecule has 1 amide bonds. The number of piperidine rings is 1. The fourth-order valence-corrected chi connectivity index (χ4v) is 4.88. The van der Waals surface area contributed by atoms with Gasteiger partial charge in [0.05, 0.1) is 19.2 Å². The Morgan fingerprint density at radius 3 is 2.66 bits per heavy atom. The van der Waals surface area contributed by atoms with E-state index >= 15 is 0 Å². The fourth-order valence-electron chi connectivity index (χ4n) is 4.88. The highest BCUT2D eigenvalue weighted by atomic mass is 16.5. The number of carbonyl (C=O) groups is 1. The number of rotatable bonds is 7. The third kappa shape index (κ3) is 4.93. The summed E-state index contributed by atoms with van der Waals surface area (Å²) in [7, 11) is 1.63. The number of fused-ring (bicyclic) bond motifs is 1. The van der Waals surface area contributed by atoms with Crippen molar-refractivity contribution in [2.75, 3.05) is 30.4 Å². The molecule has 1 atom stereocenters. The molecule has 3 N–H and O–H groups in total. The van der Waals surface area contributed by atoms with Crippen molar-refractivity contribution in [3.05, 3.63) is 59.9 Å². The van der Waals surface area contributed by atoms with Gasteiger partial charge in [0.2, 0.25) is 5.91 Å². The van der Waals surface area contributed by atoms with Crippen LogP contribution in [0.3, 0.4) is 0 Å². The average molecular weight is 512 g/mol. The molecule has 194 valence electrons. The summed E-state index contributed by atoms with van der Waals surface area (Å²) in [5.74, 6) is 1.78. The number of nitrogens with two attached hydrogens (primary N) is 1. The molecule has 11 nitrogen and oxygen atoms in total. The van der Waals surface area contributed by atoms with E-state index < -0.39 is 5.91 Å². The maximum atomic E-state index is 11.9. The van der Waals surface area contributed by atoms with E-state index in [-0.39, 0.29) is 17.9 Å². The van der Waals surface area contributed by atoms with Crippen LogP contribution in [0.4, 0.5) is 11.6 Å². The molecule has 1 aliphatic heterocycles. The standard InChI is InChI=1S/C27H29N9O2/c1-27(2)16-35(24-9-6-19(14-28)32-33-24)11-10-22(27)31-26-18(12-23(29)37)15-30-25-13-21(34-36(25)26)17-4-7-20(38-3)8-5-17/h4-9,13,15,22,31H,10-12,16H2,1-3H3,(H2,29,37)/t22-/m1/s1. The summed E-state index contributed by atoms with van der Waals surface area (Å²) < 4.78 is 7.03. The van der Waals surface area contributed by atoms with Crippen LogP contribution in [-0.2, 0) is 11.2 Å². The van der Waals surface area contributed by atoms with Crippen molar-refractivity contribution in [2.45, 2.75) is 32.7 Å². The zero-order chi connectivity index (χ0) is 26.9. The third-order valence-electron chi connectivity index (χ3n) is 6.94. The van der Waals surface area contributed by atoms with Crippen molar-refractivity contribution in [2.24, 2.45) is 11.1 Å². The third-order valence-corrected chi connectivity index (χ3v) is 6.94. The molecule has 1 aliphatic rings. The summed E-state index contributed by atoms with van der Waals surface area (Å²) >= 11 is 0. The lowest BCUT2D eigenvalue weighted by Gasteiger charge is -2.45. The first-order valence-corrected chi connectivity index (χ1v) is 12.3. The Labute approximate surface area is 220 Å². The van der Waals surface area contributed by atoms with Crippen molar-refractivity contribution >= 4 is 23.2 Å². The summed E-state index contributed by atoms with van der Waals surface area (Å²) in [6, 6.07) is 15.2. The number of aromatic nitrogens is 5. The first-order valence-electron chi connectivity index (χ1n) is 12.3. The van der Waals surface area contributed by atoms with Crippen molar-refractivity contribution in [1.29, 1.82) is 5.26 Å². The molecule has 1 fully saturated rings. The first-order chi connectivity index (χ1) is 18.3. The lowest BCUT2D eigenvalue weighted by molar-refractivity contribution is -0.117. The average Bonchev–Trinajstić information content (AvgIpc) is 3.35. The number of benzene rings is 1. The number of anilines is 2. The number of hydrogen-bond donors (Lipinski definition) is 2. The maximum absolute atomic E-state index is 11.9. The van der Waals surface area contributed by atoms with E-state index in [0.717, 1.165) is 42.3 Å². The van der Waals surface area contributed by atoms with Crippen LogP contribution in [0.2, 0.25) is 0 Å². The summed E-state index contributed by atoms with van der Waals surface area (Å²) in [5.41, 5.74) is 8.72. The molecule has 0 radical (unpaired) electrons. The molecule has 0 saturated carbocycles. The molecule has 1 aromatic carbocycles. The fraction of sp³-hybridized carbons (Fsp3) is 0.333. The van der Waals surface area contributed by atoms with Crippen molar-refractivity contribution in [3.8, 4) is 23.1 Å². The predicted octanol–water partition coefficient (Wildman–Crippen LogP) is 2.81. The highest BCUT2D eigenvalue weighted by Gasteiger charge is 2.37. The molecule has 11 heteroatoms. The van der Waals surface area contributed by atoms with Crippen molar-refractivity contribution < 1.29 is 9.53 Å². The molecule has 5 rings (SSSR count). The van der Waals surface area contributed by atoms with Crippen LogP contribution in [0.1, 0.15) is 31.5 Å². The van der Waals surface area contributed by atoms with Gasteiger partial charge in [-0.1, -0.05) is 13.8 Å². The van der Waals surface area contributed by atoms with E-state index in [1.165, 1.54) is 0 Å². The van der Waals surface area contributed by atoms with Gasteiger partial charge in [-0.3, -0.25) is 4.79 Å². The Morgan fingerprint density at radius 2 is 2.03 bits per heavy atom. The molecule has 38 heavy (non-hydrogen) atoms. The Balaban J connectivity index is 1.46. The van der Waals surface area contributed by atoms with Gasteiger partial charge in [0.1, 0.15) is 17.6 Å². The molecule has 1 saturated heterocycles. The lowest BCUT2D eigenvalue weighted by atomic mass is 9.79. The molecule has 4 heterocycles. The van der Waals surface area contributed by atoms with Gasteiger partial charge in [-0.05, 0) is 42.8 Å². The summed E-state index contributed by atoms with van der Waals surface area (Å²) in [5, 5.41) is 25.8. The zero-order valence-electron chi connectivity index (χ0n) is 21.5.